The molecule has 2 rings (SSSR count). The number of carbonyl (C=O) groups is 1. The summed E-state index contributed by atoms with van der Waals surface area (Å²) in [4.78, 5) is 14.7. The molecule has 4 nitrogen and oxygen atoms in total. The van der Waals surface area contributed by atoms with Gasteiger partial charge in [0.05, 0.1) is 6.20 Å². The summed E-state index contributed by atoms with van der Waals surface area (Å²) in [7, 11) is 0. The summed E-state index contributed by atoms with van der Waals surface area (Å²) in [6.45, 7) is 1.70. The summed E-state index contributed by atoms with van der Waals surface area (Å²) in [5.74, 6) is -0.0432. The van der Waals surface area contributed by atoms with E-state index in [1.807, 2.05) is 0 Å². The van der Waals surface area contributed by atoms with Gasteiger partial charge in [-0.25, -0.2) is 4.39 Å². The van der Waals surface area contributed by atoms with Gasteiger partial charge >= 0.3 is 0 Å². The van der Waals surface area contributed by atoms with E-state index in [1.54, 1.807) is 24.4 Å². The van der Waals surface area contributed by atoms with E-state index >= 15 is 0 Å². The summed E-state index contributed by atoms with van der Waals surface area (Å²) in [6.07, 6.45) is 3.12. The number of aromatic nitrogens is 1. The van der Waals surface area contributed by atoms with Crippen molar-refractivity contribution >= 4 is 5.91 Å². The first-order valence-electron chi connectivity index (χ1n) is 5.76. The van der Waals surface area contributed by atoms with Gasteiger partial charge in [0.15, 0.2) is 11.6 Å². The van der Waals surface area contributed by atoms with Gasteiger partial charge in [0.2, 0.25) is 5.91 Å². The average molecular weight is 260 g/mol. The standard InChI is InChI=1S/C14H13FN2O2/c1-10(18)17-8-11-4-5-14(13(15)7-11)19-12-3-2-6-16-9-12/h2-7,9H,8H2,1H3,(H,17,18). The second-order valence-corrected chi connectivity index (χ2v) is 3.97. The maximum Gasteiger partial charge on any atom is 0.217 e. The van der Waals surface area contributed by atoms with Crippen molar-refractivity contribution in [1.29, 1.82) is 0 Å². The van der Waals surface area contributed by atoms with Crippen LogP contribution in [0.4, 0.5) is 4.39 Å². The van der Waals surface area contributed by atoms with E-state index < -0.39 is 5.82 Å². The molecule has 5 heteroatoms. The molecule has 0 radical (unpaired) electrons. The van der Waals surface area contributed by atoms with E-state index in [0.717, 1.165) is 0 Å². The van der Waals surface area contributed by atoms with Gasteiger partial charge in [0.1, 0.15) is 5.75 Å². The first-order valence-corrected chi connectivity index (χ1v) is 5.76. The Balaban J connectivity index is 2.09. The topological polar surface area (TPSA) is 51.2 Å². The minimum Gasteiger partial charge on any atom is -0.453 e. The lowest BCUT2D eigenvalue weighted by atomic mass is 10.2. The first kappa shape index (κ1) is 13.0. The lowest BCUT2D eigenvalue weighted by Crippen LogP contribution is -2.18. The zero-order valence-corrected chi connectivity index (χ0v) is 10.4. The largest absolute Gasteiger partial charge is 0.453 e. The molecule has 0 atom stereocenters. The molecule has 19 heavy (non-hydrogen) atoms. The number of ether oxygens (including phenoxy) is 1. The van der Waals surface area contributed by atoms with Crippen molar-refractivity contribution in [1.82, 2.24) is 10.3 Å². The zero-order chi connectivity index (χ0) is 13.7. The first-order chi connectivity index (χ1) is 9.15. The van der Waals surface area contributed by atoms with Crippen LogP contribution in [0, 0.1) is 5.82 Å². The normalized spacial score (nSPS) is 10.0. The zero-order valence-electron chi connectivity index (χ0n) is 10.4. The van der Waals surface area contributed by atoms with Gasteiger partial charge in [-0.1, -0.05) is 6.07 Å². The monoisotopic (exact) mass is 260 g/mol. The number of carbonyl (C=O) groups excluding carboxylic acids is 1. The molecule has 0 aliphatic rings. The second-order valence-electron chi connectivity index (χ2n) is 3.97. The van der Waals surface area contributed by atoms with Crippen LogP contribution in [0.1, 0.15) is 12.5 Å². The van der Waals surface area contributed by atoms with Gasteiger partial charge in [-0.05, 0) is 29.8 Å². The molecule has 1 heterocycles. The van der Waals surface area contributed by atoms with Crippen LogP contribution >= 0.6 is 0 Å². The molecule has 1 amide bonds. The van der Waals surface area contributed by atoms with Crippen LogP contribution in [-0.4, -0.2) is 10.9 Å². The van der Waals surface area contributed by atoms with Crippen molar-refractivity contribution in [2.45, 2.75) is 13.5 Å². The molecule has 0 bridgehead atoms. The summed E-state index contributed by atoms with van der Waals surface area (Å²) in [5, 5.41) is 2.60. The van der Waals surface area contributed by atoms with Gasteiger partial charge < -0.3 is 10.1 Å². The summed E-state index contributed by atoms with van der Waals surface area (Å²) < 4.78 is 19.2. The Bertz CT molecular complexity index is 573. The molecule has 1 N–H and O–H groups in total. The molecule has 0 fully saturated rings. The summed E-state index contributed by atoms with van der Waals surface area (Å²) in [6, 6.07) is 7.96. The molecule has 98 valence electrons. The fraction of sp³-hybridized carbons (Fsp3) is 0.143. The molecule has 0 saturated carbocycles. The van der Waals surface area contributed by atoms with E-state index in [-0.39, 0.29) is 11.7 Å². The van der Waals surface area contributed by atoms with Crippen LogP contribution in [0.25, 0.3) is 0 Å². The Kier molecular flexibility index (Phi) is 4.07. The van der Waals surface area contributed by atoms with Crippen molar-refractivity contribution in [3.63, 3.8) is 0 Å². The number of pyridine rings is 1. The smallest absolute Gasteiger partial charge is 0.217 e. The molecule has 0 unspecified atom stereocenters. The van der Waals surface area contributed by atoms with Crippen LogP contribution in [0.2, 0.25) is 0 Å². The third kappa shape index (κ3) is 3.77. The number of nitrogens with zero attached hydrogens (tertiary/aromatic N) is 1. The number of amides is 1. The number of halogens is 1. The number of hydrogen-bond acceptors (Lipinski definition) is 3. The third-order valence-corrected chi connectivity index (χ3v) is 2.40. The van der Waals surface area contributed by atoms with Crippen LogP contribution in [-0.2, 0) is 11.3 Å². The minimum atomic E-state index is -0.480. The lowest BCUT2D eigenvalue weighted by Gasteiger charge is -2.08. The molecule has 0 aliphatic heterocycles. The molecular formula is C14H13FN2O2. The minimum absolute atomic E-state index is 0.125. The van der Waals surface area contributed by atoms with E-state index in [4.69, 9.17) is 4.74 Å². The molecule has 0 spiro atoms. The highest BCUT2D eigenvalue weighted by Gasteiger charge is 2.06. The molecular weight excluding hydrogens is 247 g/mol. The van der Waals surface area contributed by atoms with Crippen molar-refractivity contribution < 1.29 is 13.9 Å². The molecule has 1 aromatic carbocycles. The number of benzene rings is 1. The SMILES string of the molecule is CC(=O)NCc1ccc(Oc2cccnc2)c(F)c1. The van der Waals surface area contributed by atoms with Gasteiger partial charge in [0, 0.05) is 19.7 Å². The van der Waals surface area contributed by atoms with E-state index in [9.17, 15) is 9.18 Å². The van der Waals surface area contributed by atoms with Gasteiger partial charge in [-0.3, -0.25) is 9.78 Å². The van der Waals surface area contributed by atoms with E-state index in [1.165, 1.54) is 25.3 Å². The van der Waals surface area contributed by atoms with Crippen LogP contribution in [0.3, 0.4) is 0 Å². The summed E-state index contributed by atoms with van der Waals surface area (Å²) in [5.41, 5.74) is 0.672. The fourth-order valence-electron chi connectivity index (χ4n) is 1.50. The van der Waals surface area contributed by atoms with E-state index in [2.05, 4.69) is 10.3 Å². The van der Waals surface area contributed by atoms with Gasteiger partial charge in [-0.15, -0.1) is 0 Å². The Morgan fingerprint density at radius 3 is 2.89 bits per heavy atom. The number of rotatable bonds is 4. The predicted molar refractivity (Wildman–Crippen MR) is 68.2 cm³/mol. The Morgan fingerprint density at radius 2 is 2.26 bits per heavy atom. The molecule has 2 aromatic rings. The highest BCUT2D eigenvalue weighted by Crippen LogP contribution is 2.24. The van der Waals surface area contributed by atoms with Crippen LogP contribution in [0.15, 0.2) is 42.7 Å². The van der Waals surface area contributed by atoms with Gasteiger partial charge in [-0.2, -0.15) is 0 Å². The van der Waals surface area contributed by atoms with Crippen molar-refractivity contribution in [3.8, 4) is 11.5 Å². The Hall–Kier alpha value is -2.43. The van der Waals surface area contributed by atoms with Gasteiger partial charge in [0.25, 0.3) is 0 Å². The average Bonchev–Trinajstić information content (AvgIpc) is 2.40. The lowest BCUT2D eigenvalue weighted by molar-refractivity contribution is -0.119. The fourth-order valence-corrected chi connectivity index (χ4v) is 1.50. The van der Waals surface area contributed by atoms with Crippen molar-refractivity contribution in [2.75, 3.05) is 0 Å². The van der Waals surface area contributed by atoms with Crippen molar-refractivity contribution in [2.24, 2.45) is 0 Å². The maximum atomic E-state index is 13.8. The number of nitrogens with one attached hydrogen (secondary N) is 1. The Labute approximate surface area is 110 Å². The molecule has 0 saturated heterocycles. The maximum absolute atomic E-state index is 13.8. The third-order valence-electron chi connectivity index (χ3n) is 2.40. The van der Waals surface area contributed by atoms with Crippen LogP contribution in [0.5, 0.6) is 11.5 Å². The van der Waals surface area contributed by atoms with Crippen molar-refractivity contribution in [3.05, 3.63) is 54.1 Å². The highest BCUT2D eigenvalue weighted by atomic mass is 19.1. The molecule has 1 aromatic heterocycles. The second kappa shape index (κ2) is 5.95. The van der Waals surface area contributed by atoms with Crippen LogP contribution < -0.4 is 10.1 Å². The quantitative estimate of drug-likeness (QED) is 0.919. The Morgan fingerprint density at radius 1 is 1.42 bits per heavy atom. The number of hydrogen-bond donors (Lipinski definition) is 1. The summed E-state index contributed by atoms with van der Waals surface area (Å²) >= 11 is 0. The molecule has 0 aliphatic carbocycles. The highest BCUT2D eigenvalue weighted by molar-refractivity contribution is 5.72. The predicted octanol–water partition coefficient (Wildman–Crippen LogP) is 2.65. The van der Waals surface area contributed by atoms with E-state index in [0.29, 0.717) is 17.9 Å².